The van der Waals surface area contributed by atoms with Crippen molar-refractivity contribution in [3.8, 4) is 0 Å². The van der Waals surface area contributed by atoms with E-state index in [1.54, 1.807) is 12.4 Å². The van der Waals surface area contributed by atoms with E-state index in [0.29, 0.717) is 12.8 Å². The first-order valence-corrected chi connectivity index (χ1v) is 6.19. The highest BCUT2D eigenvalue weighted by Crippen LogP contribution is 2.10. The minimum atomic E-state index is -0.00998. The molecule has 0 radical (unpaired) electrons. The second-order valence-electron chi connectivity index (χ2n) is 4.54. The zero-order valence-electron chi connectivity index (χ0n) is 10.9. The van der Waals surface area contributed by atoms with Gasteiger partial charge in [-0.3, -0.25) is 9.78 Å². The zero-order valence-corrected chi connectivity index (χ0v) is 10.9. The average molecular weight is 255 g/mol. The predicted molar refractivity (Wildman–Crippen MR) is 76.8 cm³/mol. The Morgan fingerprint density at radius 1 is 1.26 bits per heavy atom. The number of nitrogens with one attached hydrogen (secondary N) is 1. The summed E-state index contributed by atoms with van der Waals surface area (Å²) in [5.41, 5.74) is 9.21. The van der Waals surface area contributed by atoms with Crippen LogP contribution in [0.5, 0.6) is 0 Å². The van der Waals surface area contributed by atoms with Crippen LogP contribution in [0.2, 0.25) is 0 Å². The lowest BCUT2D eigenvalue weighted by Crippen LogP contribution is -2.12. The van der Waals surface area contributed by atoms with Crippen LogP contribution in [0.1, 0.15) is 17.5 Å². The molecular formula is C15H17N3O. The van der Waals surface area contributed by atoms with Gasteiger partial charge in [0, 0.05) is 18.3 Å². The number of benzene rings is 1. The summed E-state index contributed by atoms with van der Waals surface area (Å²) in [4.78, 5) is 15.8. The molecule has 0 saturated carbocycles. The Kier molecular flexibility index (Phi) is 4.13. The number of aryl methyl sites for hydroxylation is 2. The number of carbonyl (C=O) groups is 1. The molecule has 1 aromatic heterocycles. The third-order valence-corrected chi connectivity index (χ3v) is 2.78. The van der Waals surface area contributed by atoms with E-state index in [4.69, 9.17) is 5.73 Å². The summed E-state index contributed by atoms with van der Waals surface area (Å²) in [7, 11) is 0. The summed E-state index contributed by atoms with van der Waals surface area (Å²) in [5.74, 6) is -0.00998. The van der Waals surface area contributed by atoms with Crippen LogP contribution < -0.4 is 11.1 Å². The molecule has 4 nitrogen and oxygen atoms in total. The van der Waals surface area contributed by atoms with Crippen LogP contribution in [-0.4, -0.2) is 10.9 Å². The van der Waals surface area contributed by atoms with Crippen molar-refractivity contribution >= 4 is 17.3 Å². The number of nitrogen functional groups attached to an aromatic ring is 1. The molecule has 1 aromatic carbocycles. The van der Waals surface area contributed by atoms with Gasteiger partial charge >= 0.3 is 0 Å². The number of nitrogens with zero attached hydrogens (tertiary/aromatic N) is 1. The standard InChI is InChI=1S/C15H17N3O/c1-11-8-14(10-17-9-11)18-15(19)7-4-12-2-5-13(16)6-3-12/h2-3,5-6,8-10H,4,7,16H2,1H3,(H,18,19). The van der Waals surface area contributed by atoms with Crippen molar-refractivity contribution in [1.29, 1.82) is 0 Å². The first-order chi connectivity index (χ1) is 9.13. The van der Waals surface area contributed by atoms with Gasteiger partial charge in [-0.15, -0.1) is 0 Å². The number of carbonyl (C=O) groups excluding carboxylic acids is 1. The molecule has 0 aliphatic carbocycles. The van der Waals surface area contributed by atoms with Crippen molar-refractivity contribution in [2.75, 3.05) is 11.1 Å². The molecule has 1 heterocycles. The molecule has 0 saturated heterocycles. The average Bonchev–Trinajstić information content (AvgIpc) is 2.38. The molecule has 4 heteroatoms. The maximum absolute atomic E-state index is 11.8. The lowest BCUT2D eigenvalue weighted by Gasteiger charge is -2.05. The van der Waals surface area contributed by atoms with Gasteiger partial charge in [0.25, 0.3) is 0 Å². The van der Waals surface area contributed by atoms with Gasteiger partial charge in [0.15, 0.2) is 0 Å². The van der Waals surface area contributed by atoms with E-state index in [1.165, 1.54) is 0 Å². The Labute approximate surface area is 112 Å². The van der Waals surface area contributed by atoms with Crippen LogP contribution in [0.25, 0.3) is 0 Å². The Morgan fingerprint density at radius 3 is 2.68 bits per heavy atom. The quantitative estimate of drug-likeness (QED) is 0.825. The lowest BCUT2D eigenvalue weighted by atomic mass is 10.1. The second kappa shape index (κ2) is 6.00. The van der Waals surface area contributed by atoms with Gasteiger partial charge in [-0.05, 0) is 42.7 Å². The van der Waals surface area contributed by atoms with Gasteiger partial charge < -0.3 is 11.1 Å². The van der Waals surface area contributed by atoms with Crippen molar-refractivity contribution in [3.63, 3.8) is 0 Å². The molecule has 2 rings (SSSR count). The van der Waals surface area contributed by atoms with Crippen molar-refractivity contribution in [3.05, 3.63) is 53.9 Å². The highest BCUT2D eigenvalue weighted by Gasteiger charge is 2.03. The molecule has 19 heavy (non-hydrogen) atoms. The first kappa shape index (κ1) is 13.1. The van der Waals surface area contributed by atoms with Crippen molar-refractivity contribution in [2.45, 2.75) is 19.8 Å². The van der Waals surface area contributed by atoms with Gasteiger partial charge in [0.05, 0.1) is 11.9 Å². The minimum Gasteiger partial charge on any atom is -0.399 e. The Morgan fingerprint density at radius 2 is 2.00 bits per heavy atom. The van der Waals surface area contributed by atoms with Crippen LogP contribution in [0.4, 0.5) is 11.4 Å². The monoisotopic (exact) mass is 255 g/mol. The summed E-state index contributed by atoms with van der Waals surface area (Å²) in [6.45, 7) is 1.94. The van der Waals surface area contributed by atoms with E-state index in [2.05, 4.69) is 10.3 Å². The van der Waals surface area contributed by atoms with Gasteiger partial charge in [0.2, 0.25) is 5.91 Å². The van der Waals surface area contributed by atoms with Crippen LogP contribution >= 0.6 is 0 Å². The van der Waals surface area contributed by atoms with Gasteiger partial charge in [-0.2, -0.15) is 0 Å². The molecule has 0 aliphatic rings. The van der Waals surface area contributed by atoms with Gasteiger partial charge in [-0.1, -0.05) is 12.1 Å². The lowest BCUT2D eigenvalue weighted by molar-refractivity contribution is -0.116. The highest BCUT2D eigenvalue weighted by atomic mass is 16.1. The third kappa shape index (κ3) is 4.10. The Bertz CT molecular complexity index is 564. The zero-order chi connectivity index (χ0) is 13.7. The van der Waals surface area contributed by atoms with Crippen molar-refractivity contribution in [2.24, 2.45) is 0 Å². The summed E-state index contributed by atoms with van der Waals surface area (Å²) in [6, 6.07) is 9.47. The fourth-order valence-electron chi connectivity index (χ4n) is 1.79. The topological polar surface area (TPSA) is 68.0 Å². The van der Waals surface area contributed by atoms with Crippen molar-refractivity contribution in [1.82, 2.24) is 4.98 Å². The van der Waals surface area contributed by atoms with Crippen molar-refractivity contribution < 1.29 is 4.79 Å². The maximum Gasteiger partial charge on any atom is 0.224 e. The summed E-state index contributed by atoms with van der Waals surface area (Å²) in [5, 5.41) is 2.84. The van der Waals surface area contributed by atoms with Gasteiger partial charge in [-0.25, -0.2) is 0 Å². The Hall–Kier alpha value is -2.36. The number of hydrogen-bond acceptors (Lipinski definition) is 3. The summed E-state index contributed by atoms with van der Waals surface area (Å²) < 4.78 is 0. The van der Waals surface area contributed by atoms with E-state index in [0.717, 1.165) is 22.5 Å². The number of aromatic nitrogens is 1. The van der Waals surface area contributed by atoms with Crippen LogP contribution in [0.3, 0.4) is 0 Å². The number of anilines is 2. The highest BCUT2D eigenvalue weighted by molar-refractivity contribution is 5.90. The molecule has 2 aromatic rings. The van der Waals surface area contributed by atoms with E-state index in [9.17, 15) is 4.79 Å². The third-order valence-electron chi connectivity index (χ3n) is 2.78. The fraction of sp³-hybridized carbons (Fsp3) is 0.200. The molecular weight excluding hydrogens is 238 g/mol. The number of nitrogens with two attached hydrogens (primary N) is 1. The largest absolute Gasteiger partial charge is 0.399 e. The van der Waals surface area contributed by atoms with E-state index < -0.39 is 0 Å². The Balaban J connectivity index is 1.86. The molecule has 0 unspecified atom stereocenters. The fourth-order valence-corrected chi connectivity index (χ4v) is 1.79. The van der Waals surface area contributed by atoms with Crippen LogP contribution in [-0.2, 0) is 11.2 Å². The molecule has 0 fully saturated rings. The molecule has 0 atom stereocenters. The molecule has 0 aliphatic heterocycles. The van der Waals surface area contributed by atoms with E-state index in [1.807, 2.05) is 37.3 Å². The van der Waals surface area contributed by atoms with Crippen LogP contribution in [0.15, 0.2) is 42.7 Å². The number of pyridine rings is 1. The SMILES string of the molecule is Cc1cncc(NC(=O)CCc2ccc(N)cc2)c1. The molecule has 3 N–H and O–H groups in total. The smallest absolute Gasteiger partial charge is 0.224 e. The molecule has 98 valence electrons. The summed E-state index contributed by atoms with van der Waals surface area (Å²) >= 11 is 0. The molecule has 1 amide bonds. The first-order valence-electron chi connectivity index (χ1n) is 6.19. The predicted octanol–water partition coefficient (Wildman–Crippen LogP) is 2.54. The molecule has 0 bridgehead atoms. The number of hydrogen-bond donors (Lipinski definition) is 2. The van der Waals surface area contributed by atoms with E-state index >= 15 is 0 Å². The molecule has 0 spiro atoms. The summed E-state index contributed by atoms with van der Waals surface area (Å²) in [6.07, 6.45) is 4.54. The second-order valence-corrected chi connectivity index (χ2v) is 4.54. The maximum atomic E-state index is 11.8. The normalized spacial score (nSPS) is 10.2. The van der Waals surface area contributed by atoms with Gasteiger partial charge in [0.1, 0.15) is 0 Å². The minimum absolute atomic E-state index is 0.00998. The van der Waals surface area contributed by atoms with E-state index in [-0.39, 0.29) is 5.91 Å². The van der Waals surface area contributed by atoms with Crippen LogP contribution in [0, 0.1) is 6.92 Å². The number of amides is 1. The number of rotatable bonds is 4.